The first-order valence-electron chi connectivity index (χ1n) is 13.0. The molecule has 3 rings (SSSR count). The number of β-amino-alcohol motifs (C(OH)–C–C–N with tert-alkyl or cyclic N) is 1. The number of aliphatic carboxylic acids is 1. The van der Waals surface area contributed by atoms with Gasteiger partial charge >= 0.3 is 5.97 Å². The Labute approximate surface area is 219 Å². The summed E-state index contributed by atoms with van der Waals surface area (Å²) < 4.78 is 20.5. The summed E-state index contributed by atoms with van der Waals surface area (Å²) in [7, 11) is 0. The van der Waals surface area contributed by atoms with E-state index in [0.29, 0.717) is 36.6 Å². The van der Waals surface area contributed by atoms with Crippen LogP contribution in [-0.2, 0) is 28.8 Å². The van der Waals surface area contributed by atoms with Gasteiger partial charge in [0.25, 0.3) is 0 Å². The number of rotatable bonds is 13. The van der Waals surface area contributed by atoms with Gasteiger partial charge in [-0.15, -0.1) is 0 Å². The number of nitrogens with zero attached hydrogens (tertiary/aromatic N) is 1. The first-order chi connectivity index (χ1) is 17.2. The lowest BCUT2D eigenvalue weighted by Crippen LogP contribution is -2.39. The molecule has 7 heteroatoms. The number of carboxylic acid groups (broad SMARTS) is 1. The van der Waals surface area contributed by atoms with Gasteiger partial charge in [0, 0.05) is 24.0 Å². The van der Waals surface area contributed by atoms with Crippen LogP contribution in [0.2, 0.25) is 5.02 Å². The highest BCUT2D eigenvalue weighted by atomic mass is 35.5. The molecule has 1 aliphatic heterocycles. The Balaban J connectivity index is 1.61. The van der Waals surface area contributed by atoms with Crippen molar-refractivity contribution in [2.24, 2.45) is 0 Å². The number of likely N-dealkylation sites (tertiary alicyclic amines) is 1. The van der Waals surface area contributed by atoms with Crippen LogP contribution in [0.1, 0.15) is 73.5 Å². The van der Waals surface area contributed by atoms with Crippen LogP contribution in [0, 0.1) is 12.7 Å². The number of halogens is 2. The third-order valence-electron chi connectivity index (χ3n) is 7.14. The Kier molecular flexibility index (Phi) is 10.7. The molecule has 36 heavy (non-hydrogen) atoms. The summed E-state index contributed by atoms with van der Waals surface area (Å²) in [6.45, 7) is 7.32. The molecule has 3 atom stereocenters. The van der Waals surface area contributed by atoms with Gasteiger partial charge in [-0.3, -0.25) is 9.69 Å². The molecule has 2 aromatic rings. The van der Waals surface area contributed by atoms with Crippen LogP contribution < -0.4 is 0 Å². The Hall–Kier alpha value is -1.99. The molecule has 198 valence electrons. The summed E-state index contributed by atoms with van der Waals surface area (Å²) in [4.78, 5) is 13.4. The van der Waals surface area contributed by atoms with E-state index in [2.05, 4.69) is 24.0 Å². The highest BCUT2D eigenvalue weighted by molar-refractivity contribution is 6.31. The Morgan fingerprint density at radius 3 is 2.72 bits per heavy atom. The van der Waals surface area contributed by atoms with Crippen LogP contribution in [0.3, 0.4) is 0 Å². The number of aliphatic hydroxyl groups is 1. The van der Waals surface area contributed by atoms with E-state index >= 15 is 0 Å². The predicted molar refractivity (Wildman–Crippen MR) is 141 cm³/mol. The molecule has 0 spiro atoms. The summed E-state index contributed by atoms with van der Waals surface area (Å²) >= 11 is 6.28. The number of carbonyl (C=O) groups is 1. The number of hydrogen-bond acceptors (Lipinski definition) is 4. The third kappa shape index (κ3) is 7.75. The average Bonchev–Trinajstić information content (AvgIpc) is 3.27. The van der Waals surface area contributed by atoms with Crippen molar-refractivity contribution in [1.29, 1.82) is 0 Å². The van der Waals surface area contributed by atoms with Gasteiger partial charge in [0.2, 0.25) is 0 Å². The summed E-state index contributed by atoms with van der Waals surface area (Å²) in [6.07, 6.45) is 3.81. The molecular weight excluding hydrogens is 481 g/mol. The monoisotopic (exact) mass is 519 g/mol. The van der Waals surface area contributed by atoms with E-state index in [1.165, 1.54) is 11.6 Å². The van der Waals surface area contributed by atoms with Crippen molar-refractivity contribution in [3.05, 3.63) is 69.0 Å². The SMILES string of the molecule is CCc1cc(C[C@@H]2CCCN2C[C@@H](O)CO[C@H](CC)c2cc(F)c(C)cc2CCC(=O)O)ccc1Cl. The van der Waals surface area contributed by atoms with E-state index in [4.69, 9.17) is 21.4 Å². The molecule has 1 aliphatic rings. The minimum Gasteiger partial charge on any atom is -0.481 e. The molecule has 0 aliphatic carbocycles. The quantitative estimate of drug-likeness (QED) is 0.344. The fraction of sp³-hybridized carbons (Fsp3) is 0.552. The van der Waals surface area contributed by atoms with Crippen LogP contribution >= 0.6 is 11.6 Å². The number of aryl methyl sites for hydroxylation is 3. The Morgan fingerprint density at radius 2 is 2.03 bits per heavy atom. The standard InChI is InChI=1S/C29H39ClFNO4/c1-4-21-14-20(8-10-26(21)30)15-23-7-6-12-32(23)17-24(33)18-36-28(5-2)25-16-27(31)19(3)13-22(25)9-11-29(34)35/h8,10,13-14,16,23-24,28,33H,4-7,9,11-12,15,17-18H2,1-3H3,(H,34,35)/t23-,24+,28+/m0/s1. The van der Waals surface area contributed by atoms with Crippen LogP contribution in [-0.4, -0.2) is 52.9 Å². The molecule has 0 saturated carbocycles. The van der Waals surface area contributed by atoms with Gasteiger partial charge in [-0.05, 0) is 91.9 Å². The zero-order chi connectivity index (χ0) is 26.2. The maximum Gasteiger partial charge on any atom is 0.303 e. The normalized spacial score (nSPS) is 17.9. The summed E-state index contributed by atoms with van der Waals surface area (Å²) in [5.74, 6) is -1.22. The minimum atomic E-state index is -0.892. The highest BCUT2D eigenvalue weighted by Gasteiger charge is 2.27. The number of ether oxygens (including phenoxy) is 1. The van der Waals surface area contributed by atoms with Gasteiger partial charge in [-0.2, -0.15) is 0 Å². The van der Waals surface area contributed by atoms with Crippen molar-refractivity contribution in [1.82, 2.24) is 4.90 Å². The fourth-order valence-electron chi connectivity index (χ4n) is 5.16. The zero-order valence-electron chi connectivity index (χ0n) is 21.6. The molecule has 0 amide bonds. The van der Waals surface area contributed by atoms with Gasteiger partial charge in [0.1, 0.15) is 5.82 Å². The fourth-order valence-corrected chi connectivity index (χ4v) is 5.41. The molecule has 0 bridgehead atoms. The zero-order valence-corrected chi connectivity index (χ0v) is 22.4. The smallest absolute Gasteiger partial charge is 0.303 e. The summed E-state index contributed by atoms with van der Waals surface area (Å²) in [6, 6.07) is 9.78. The van der Waals surface area contributed by atoms with Gasteiger partial charge in [0.15, 0.2) is 0 Å². The Morgan fingerprint density at radius 1 is 1.25 bits per heavy atom. The van der Waals surface area contributed by atoms with E-state index in [1.807, 2.05) is 13.0 Å². The lowest BCUT2D eigenvalue weighted by Gasteiger charge is -2.28. The largest absolute Gasteiger partial charge is 0.481 e. The molecule has 0 aromatic heterocycles. The van der Waals surface area contributed by atoms with E-state index in [1.54, 1.807) is 13.0 Å². The molecule has 0 radical (unpaired) electrons. The van der Waals surface area contributed by atoms with Crippen LogP contribution in [0.25, 0.3) is 0 Å². The maximum absolute atomic E-state index is 14.4. The molecule has 0 unspecified atom stereocenters. The van der Waals surface area contributed by atoms with E-state index < -0.39 is 18.2 Å². The minimum absolute atomic E-state index is 0.0269. The van der Waals surface area contributed by atoms with Crippen molar-refractivity contribution in [3.63, 3.8) is 0 Å². The Bertz CT molecular complexity index is 1030. The molecule has 1 saturated heterocycles. The van der Waals surface area contributed by atoms with Gasteiger partial charge in [0.05, 0.1) is 18.8 Å². The second kappa shape index (κ2) is 13.5. The first-order valence-corrected chi connectivity index (χ1v) is 13.4. The van der Waals surface area contributed by atoms with Crippen molar-refractivity contribution < 1.29 is 24.1 Å². The topological polar surface area (TPSA) is 70.0 Å². The van der Waals surface area contributed by atoms with Crippen LogP contribution in [0.4, 0.5) is 4.39 Å². The second-order valence-corrected chi connectivity index (χ2v) is 10.3. The number of hydrogen-bond donors (Lipinski definition) is 2. The number of benzene rings is 2. The van der Waals surface area contributed by atoms with Gasteiger partial charge in [-0.1, -0.05) is 43.6 Å². The molecule has 5 nitrogen and oxygen atoms in total. The van der Waals surface area contributed by atoms with Crippen molar-refractivity contribution in [2.45, 2.75) is 84.0 Å². The van der Waals surface area contributed by atoms with E-state index in [0.717, 1.165) is 48.4 Å². The predicted octanol–water partition coefficient (Wildman–Crippen LogP) is 5.90. The third-order valence-corrected chi connectivity index (χ3v) is 7.51. The number of aliphatic hydroxyl groups excluding tert-OH is 1. The van der Waals surface area contributed by atoms with Crippen molar-refractivity contribution >= 4 is 17.6 Å². The molecule has 1 fully saturated rings. The van der Waals surface area contributed by atoms with Gasteiger partial charge < -0.3 is 14.9 Å². The van der Waals surface area contributed by atoms with Crippen LogP contribution in [0.5, 0.6) is 0 Å². The maximum atomic E-state index is 14.4. The second-order valence-electron chi connectivity index (χ2n) is 9.85. The molecule has 1 heterocycles. The lowest BCUT2D eigenvalue weighted by atomic mass is 9.95. The lowest BCUT2D eigenvalue weighted by molar-refractivity contribution is -0.136. The van der Waals surface area contributed by atoms with Crippen molar-refractivity contribution in [2.75, 3.05) is 19.7 Å². The molecular formula is C29H39ClFNO4. The van der Waals surface area contributed by atoms with Crippen molar-refractivity contribution in [3.8, 4) is 0 Å². The van der Waals surface area contributed by atoms with E-state index in [9.17, 15) is 14.3 Å². The van der Waals surface area contributed by atoms with E-state index in [-0.39, 0.29) is 18.8 Å². The summed E-state index contributed by atoms with van der Waals surface area (Å²) in [5, 5.41) is 20.7. The average molecular weight is 520 g/mol. The molecule has 2 aromatic carbocycles. The summed E-state index contributed by atoms with van der Waals surface area (Å²) in [5.41, 5.74) is 4.36. The number of carboxylic acids is 1. The molecule has 2 N–H and O–H groups in total. The first kappa shape index (κ1) is 28.6. The highest BCUT2D eigenvalue weighted by Crippen LogP contribution is 2.29. The van der Waals surface area contributed by atoms with Gasteiger partial charge in [-0.25, -0.2) is 4.39 Å². The van der Waals surface area contributed by atoms with Crippen LogP contribution in [0.15, 0.2) is 30.3 Å².